The molecule has 0 aliphatic carbocycles. The molecule has 1 amide bonds. The quantitative estimate of drug-likeness (QED) is 0.0227. The van der Waals surface area contributed by atoms with Crippen LogP contribution in [0.15, 0.2) is 0 Å². The Hall–Kier alpha value is -1.76. The third-order valence-electron chi connectivity index (χ3n) is 10.1. The first-order valence-electron chi connectivity index (χ1n) is 23.3. The summed E-state index contributed by atoms with van der Waals surface area (Å²) in [5.74, 6) is -0.930. The average molecular weight is 852 g/mol. The van der Waals surface area contributed by atoms with E-state index in [9.17, 15) is 23.8 Å². The number of amides is 1. The molecular weight excluding hydrogens is 761 g/mol. The Bertz CT molecular complexity index is 978. The first kappa shape index (κ1) is 58.3. The summed E-state index contributed by atoms with van der Waals surface area (Å²) >= 11 is 0. The third kappa shape index (κ3) is 43.8. The summed E-state index contributed by atoms with van der Waals surface area (Å²) in [6.45, 7) is 3.26. The van der Waals surface area contributed by atoms with Crippen LogP contribution in [0.1, 0.15) is 219 Å². The second-order valence-electron chi connectivity index (χ2n) is 15.6. The van der Waals surface area contributed by atoms with Gasteiger partial charge in [0.1, 0.15) is 13.2 Å². The lowest BCUT2D eigenvalue weighted by Gasteiger charge is -2.25. The number of rotatable bonds is 44. The molecule has 0 aromatic rings. The highest BCUT2D eigenvalue weighted by molar-refractivity contribution is 7.45. The number of nitrogens with one attached hydrogen (secondary N) is 1. The van der Waals surface area contributed by atoms with Crippen LogP contribution in [0.2, 0.25) is 0 Å². The number of phosphoric ester groups is 1. The molecule has 0 aromatic heterocycles. The molecule has 14 heteroatoms. The van der Waals surface area contributed by atoms with Crippen molar-refractivity contribution in [3.63, 3.8) is 0 Å². The summed E-state index contributed by atoms with van der Waals surface area (Å²) in [7, 11) is -4.81. The Balaban J connectivity index is 0. The largest absolute Gasteiger partial charge is 0.756 e. The number of alkyl carbamates (subject to hydrolysis) is 1. The SMILES string of the molecule is CCCCCCCCCCCCCCCCCC(=O)OC[C@H](COP(=O)([O-])OCCNC(=O)OCCN)OC(=O)CCCCCCCCCCCCCCCCC.[NH4+]. The molecule has 0 radical (unpaired) electrons. The van der Waals surface area contributed by atoms with Crippen LogP contribution in [0.3, 0.4) is 0 Å². The van der Waals surface area contributed by atoms with Gasteiger partial charge in [0.15, 0.2) is 6.10 Å². The van der Waals surface area contributed by atoms with Gasteiger partial charge in [-0.3, -0.25) is 14.2 Å². The number of phosphoric acid groups is 1. The van der Waals surface area contributed by atoms with Gasteiger partial charge in [0.2, 0.25) is 0 Å². The Kier molecular flexibility index (Phi) is 45.0. The Morgan fingerprint density at radius 2 is 0.914 bits per heavy atom. The molecule has 0 aromatic carbocycles. The number of nitrogens with two attached hydrogens (primary N) is 1. The third-order valence-corrected chi connectivity index (χ3v) is 11.1. The van der Waals surface area contributed by atoms with Crippen LogP contribution in [-0.2, 0) is 37.4 Å². The van der Waals surface area contributed by atoms with Crippen molar-refractivity contribution in [2.45, 2.75) is 225 Å². The number of hydrogen-bond donors (Lipinski definition) is 3. The minimum Gasteiger partial charge on any atom is -0.756 e. The van der Waals surface area contributed by atoms with E-state index in [2.05, 4.69) is 19.2 Å². The van der Waals surface area contributed by atoms with Crippen LogP contribution in [0.5, 0.6) is 0 Å². The van der Waals surface area contributed by atoms with Crippen molar-refractivity contribution in [3.8, 4) is 0 Å². The lowest BCUT2D eigenvalue weighted by molar-refractivity contribution is -0.228. The van der Waals surface area contributed by atoms with Gasteiger partial charge >= 0.3 is 18.0 Å². The number of carbonyl (C=O) groups excluding carboxylic acids is 3. The van der Waals surface area contributed by atoms with E-state index < -0.39 is 45.2 Å². The van der Waals surface area contributed by atoms with Crippen LogP contribution in [0, 0.1) is 0 Å². The zero-order valence-electron chi connectivity index (χ0n) is 37.6. The first-order chi connectivity index (χ1) is 27.7. The van der Waals surface area contributed by atoms with E-state index >= 15 is 0 Å². The molecule has 58 heavy (non-hydrogen) atoms. The maximum Gasteiger partial charge on any atom is 0.407 e. The van der Waals surface area contributed by atoms with E-state index in [-0.39, 0.29) is 45.3 Å². The van der Waals surface area contributed by atoms with Crippen LogP contribution in [0.4, 0.5) is 4.79 Å². The molecular formula is C44H90N3O10P. The summed E-state index contributed by atoms with van der Waals surface area (Å²) < 4.78 is 37.7. The second-order valence-corrected chi connectivity index (χ2v) is 17.0. The average Bonchev–Trinajstić information content (AvgIpc) is 3.19. The van der Waals surface area contributed by atoms with Crippen molar-refractivity contribution in [3.05, 3.63) is 0 Å². The molecule has 0 saturated carbocycles. The Labute approximate surface area is 354 Å². The minimum absolute atomic E-state index is 0. The highest BCUT2D eigenvalue weighted by atomic mass is 31.2. The van der Waals surface area contributed by atoms with E-state index in [4.69, 9.17) is 29.0 Å². The van der Waals surface area contributed by atoms with Crippen molar-refractivity contribution >= 4 is 25.9 Å². The van der Waals surface area contributed by atoms with Gasteiger partial charge in [-0.1, -0.05) is 194 Å². The van der Waals surface area contributed by atoms with E-state index in [0.29, 0.717) is 12.8 Å². The zero-order valence-corrected chi connectivity index (χ0v) is 38.4. The van der Waals surface area contributed by atoms with Gasteiger partial charge in [0.05, 0.1) is 13.2 Å². The van der Waals surface area contributed by atoms with E-state index in [1.807, 2.05) is 0 Å². The fraction of sp³-hybridized carbons (Fsp3) is 0.932. The number of ether oxygens (including phenoxy) is 3. The molecule has 0 spiro atoms. The van der Waals surface area contributed by atoms with Crippen LogP contribution < -0.4 is 22.1 Å². The highest BCUT2D eigenvalue weighted by Gasteiger charge is 2.21. The Morgan fingerprint density at radius 1 is 0.534 bits per heavy atom. The van der Waals surface area contributed by atoms with Crippen molar-refractivity contribution in [2.75, 3.05) is 39.5 Å². The molecule has 13 nitrogen and oxygen atoms in total. The molecule has 346 valence electrons. The van der Waals surface area contributed by atoms with Gasteiger partial charge in [-0.25, -0.2) is 4.79 Å². The summed E-state index contributed by atoms with van der Waals surface area (Å²) in [5, 5.41) is 2.33. The molecule has 0 aliphatic heterocycles. The van der Waals surface area contributed by atoms with E-state index in [0.717, 1.165) is 38.5 Å². The number of quaternary nitrogens is 1. The Morgan fingerprint density at radius 3 is 1.31 bits per heavy atom. The van der Waals surface area contributed by atoms with Gasteiger partial charge in [0, 0.05) is 25.9 Å². The maximum atomic E-state index is 12.7. The molecule has 0 heterocycles. The summed E-state index contributed by atoms with van der Waals surface area (Å²) in [4.78, 5) is 49.0. The summed E-state index contributed by atoms with van der Waals surface area (Å²) in [5.41, 5.74) is 5.28. The minimum atomic E-state index is -4.81. The smallest absolute Gasteiger partial charge is 0.407 e. The summed E-state index contributed by atoms with van der Waals surface area (Å²) in [6.07, 6.45) is 35.3. The molecule has 0 fully saturated rings. The molecule has 0 saturated heterocycles. The van der Waals surface area contributed by atoms with Crippen LogP contribution >= 0.6 is 7.82 Å². The standard InChI is InChI=1S/C44H87N2O10P.H3N/c1-3-5-7-9-11-13-15-17-19-21-23-25-27-29-31-33-42(47)53-39-41(40-55-57(50,51)54-38-36-46-44(49)52-37-35-45)56-43(48)34-32-30-28-26-24-22-20-18-16-14-12-10-8-6-4-2;/h41H,3-40,45H2,1-2H3,(H,46,49)(H,50,51);1H3/t41-;/m1./s1. The van der Waals surface area contributed by atoms with Crippen molar-refractivity contribution in [1.29, 1.82) is 0 Å². The predicted octanol–water partition coefficient (Wildman–Crippen LogP) is 11.5. The topological polar surface area (TPSA) is 212 Å². The van der Waals surface area contributed by atoms with Crippen LogP contribution in [0.25, 0.3) is 0 Å². The zero-order chi connectivity index (χ0) is 41.9. The van der Waals surface area contributed by atoms with Gasteiger partial charge < -0.3 is 45.4 Å². The summed E-state index contributed by atoms with van der Waals surface area (Å²) in [6, 6.07) is 0. The van der Waals surface area contributed by atoms with Gasteiger partial charge in [-0.15, -0.1) is 0 Å². The molecule has 0 aliphatic rings. The van der Waals surface area contributed by atoms with Crippen molar-refractivity contribution in [2.24, 2.45) is 5.73 Å². The fourth-order valence-electron chi connectivity index (χ4n) is 6.63. The lowest BCUT2D eigenvalue weighted by Crippen LogP contribution is -2.31. The molecule has 1 unspecified atom stereocenters. The number of carbonyl (C=O) groups is 3. The first-order valence-corrected chi connectivity index (χ1v) is 24.8. The predicted molar refractivity (Wildman–Crippen MR) is 234 cm³/mol. The van der Waals surface area contributed by atoms with E-state index in [1.165, 1.54) is 141 Å². The fourth-order valence-corrected chi connectivity index (χ4v) is 7.36. The maximum absolute atomic E-state index is 12.7. The molecule has 7 N–H and O–H groups in total. The molecule has 0 rings (SSSR count). The number of esters is 2. The second kappa shape index (κ2) is 44.8. The normalized spacial score (nSPS) is 12.7. The number of unbranched alkanes of at least 4 members (excludes halogenated alkanes) is 28. The van der Waals surface area contributed by atoms with Crippen LogP contribution in [-0.4, -0.2) is 63.7 Å². The van der Waals surface area contributed by atoms with Gasteiger partial charge in [0.25, 0.3) is 7.82 Å². The highest BCUT2D eigenvalue weighted by Crippen LogP contribution is 2.38. The van der Waals surface area contributed by atoms with Gasteiger partial charge in [-0.2, -0.15) is 0 Å². The number of hydrogen-bond acceptors (Lipinski definition) is 11. The lowest BCUT2D eigenvalue weighted by atomic mass is 10.0. The van der Waals surface area contributed by atoms with Gasteiger partial charge in [-0.05, 0) is 12.8 Å². The van der Waals surface area contributed by atoms with Crippen molar-refractivity contribution in [1.82, 2.24) is 11.5 Å². The van der Waals surface area contributed by atoms with Crippen molar-refractivity contribution < 1.29 is 47.1 Å². The molecule has 0 bridgehead atoms. The monoisotopic (exact) mass is 852 g/mol. The molecule has 2 atom stereocenters. The van der Waals surface area contributed by atoms with E-state index in [1.54, 1.807) is 0 Å².